The molecule has 6 nitrogen and oxygen atoms in total. The molecule has 0 aromatic carbocycles. The molecule has 2 aromatic rings. The number of carbonyl (C=O) groups is 2. The fourth-order valence-corrected chi connectivity index (χ4v) is 1.96. The lowest BCUT2D eigenvalue weighted by atomic mass is 10.2. The number of nitrogens with one attached hydrogen (secondary N) is 1. The molecule has 2 rings (SSSR count). The SMILES string of the molecule is Cc1cc(C)c(C(=O)NCc2cc(C(=O)O)c(C)o2)o1. The molecule has 20 heavy (non-hydrogen) atoms. The van der Waals surface area contributed by atoms with Gasteiger partial charge in [-0.15, -0.1) is 0 Å². The Morgan fingerprint density at radius 3 is 2.40 bits per heavy atom. The molecule has 0 aliphatic heterocycles. The zero-order valence-electron chi connectivity index (χ0n) is 11.4. The van der Waals surface area contributed by atoms with E-state index in [2.05, 4.69) is 5.32 Å². The van der Waals surface area contributed by atoms with Gasteiger partial charge in [-0.3, -0.25) is 4.79 Å². The molecule has 0 saturated carbocycles. The Bertz CT molecular complexity index is 665. The second kappa shape index (κ2) is 5.24. The van der Waals surface area contributed by atoms with Gasteiger partial charge >= 0.3 is 5.97 Å². The summed E-state index contributed by atoms with van der Waals surface area (Å²) in [6.07, 6.45) is 0. The Kier molecular flexibility index (Phi) is 3.65. The van der Waals surface area contributed by atoms with Crippen molar-refractivity contribution in [3.8, 4) is 0 Å². The number of carbonyl (C=O) groups excluding carboxylic acids is 1. The molecule has 0 atom stereocenters. The maximum atomic E-state index is 11.9. The third kappa shape index (κ3) is 2.74. The van der Waals surface area contributed by atoms with E-state index in [1.54, 1.807) is 26.8 Å². The summed E-state index contributed by atoms with van der Waals surface area (Å²) in [5.41, 5.74) is 0.848. The lowest BCUT2D eigenvalue weighted by Gasteiger charge is -2.01. The number of carboxylic acid groups (broad SMARTS) is 1. The standard InChI is InChI=1S/C14H15NO5/c1-7-4-8(2)19-12(7)13(16)15-6-10-5-11(14(17)18)9(3)20-10/h4-5H,6H2,1-3H3,(H,15,16)(H,17,18). The Morgan fingerprint density at radius 1 is 1.20 bits per heavy atom. The lowest BCUT2D eigenvalue weighted by Crippen LogP contribution is -2.22. The summed E-state index contributed by atoms with van der Waals surface area (Å²) in [4.78, 5) is 22.8. The topological polar surface area (TPSA) is 92.7 Å². The minimum absolute atomic E-state index is 0.0965. The molecule has 2 N–H and O–H groups in total. The fourth-order valence-electron chi connectivity index (χ4n) is 1.96. The van der Waals surface area contributed by atoms with Crippen molar-refractivity contribution in [1.82, 2.24) is 5.32 Å². The van der Waals surface area contributed by atoms with E-state index in [-0.39, 0.29) is 23.8 Å². The van der Waals surface area contributed by atoms with Gasteiger partial charge in [0.05, 0.1) is 6.54 Å². The van der Waals surface area contributed by atoms with Crippen molar-refractivity contribution in [2.45, 2.75) is 27.3 Å². The highest BCUT2D eigenvalue weighted by Gasteiger charge is 2.17. The largest absolute Gasteiger partial charge is 0.478 e. The third-order valence-corrected chi connectivity index (χ3v) is 2.87. The summed E-state index contributed by atoms with van der Waals surface area (Å²) in [7, 11) is 0. The summed E-state index contributed by atoms with van der Waals surface area (Å²) in [6, 6.07) is 3.17. The van der Waals surface area contributed by atoms with E-state index in [1.165, 1.54) is 6.07 Å². The normalized spacial score (nSPS) is 10.6. The molecular weight excluding hydrogens is 262 g/mol. The summed E-state index contributed by atoms with van der Waals surface area (Å²) < 4.78 is 10.6. The van der Waals surface area contributed by atoms with Gasteiger partial charge in [-0.25, -0.2) is 4.79 Å². The molecule has 2 aromatic heterocycles. The molecule has 0 fully saturated rings. The van der Waals surface area contributed by atoms with E-state index in [0.717, 1.165) is 5.56 Å². The van der Waals surface area contributed by atoms with Crippen LogP contribution in [0, 0.1) is 20.8 Å². The first-order chi connectivity index (χ1) is 9.38. The predicted molar refractivity (Wildman–Crippen MR) is 69.8 cm³/mol. The zero-order valence-corrected chi connectivity index (χ0v) is 11.4. The van der Waals surface area contributed by atoms with Crippen LogP contribution in [0.5, 0.6) is 0 Å². The van der Waals surface area contributed by atoms with Crippen LogP contribution in [0.15, 0.2) is 21.0 Å². The maximum absolute atomic E-state index is 11.9. The monoisotopic (exact) mass is 277 g/mol. The number of aromatic carboxylic acids is 1. The average Bonchev–Trinajstić information content (AvgIpc) is 2.89. The number of aryl methyl sites for hydroxylation is 3. The summed E-state index contributed by atoms with van der Waals surface area (Å²) in [5.74, 6) is 0.197. The Labute approximate surface area is 115 Å². The zero-order chi connectivity index (χ0) is 14.9. The second-order valence-corrected chi connectivity index (χ2v) is 4.54. The van der Waals surface area contributed by atoms with E-state index < -0.39 is 5.97 Å². The third-order valence-electron chi connectivity index (χ3n) is 2.87. The quantitative estimate of drug-likeness (QED) is 0.895. The molecule has 6 heteroatoms. The van der Waals surface area contributed by atoms with Crippen molar-refractivity contribution >= 4 is 11.9 Å². The molecule has 0 radical (unpaired) electrons. The molecule has 106 valence electrons. The number of rotatable bonds is 4. The molecular formula is C14H15NO5. The van der Waals surface area contributed by atoms with E-state index in [1.807, 2.05) is 0 Å². The van der Waals surface area contributed by atoms with Crippen LogP contribution in [0.2, 0.25) is 0 Å². The van der Waals surface area contributed by atoms with Crippen molar-refractivity contribution in [3.05, 3.63) is 46.3 Å². The Balaban J connectivity index is 2.05. The van der Waals surface area contributed by atoms with Gasteiger partial charge in [0.1, 0.15) is 22.8 Å². The lowest BCUT2D eigenvalue weighted by molar-refractivity contribution is 0.0694. The van der Waals surface area contributed by atoms with Crippen LogP contribution < -0.4 is 5.32 Å². The van der Waals surface area contributed by atoms with Crippen LogP contribution >= 0.6 is 0 Å². The van der Waals surface area contributed by atoms with E-state index >= 15 is 0 Å². The van der Waals surface area contributed by atoms with Gasteiger partial charge in [-0.05, 0) is 32.9 Å². The van der Waals surface area contributed by atoms with E-state index in [4.69, 9.17) is 13.9 Å². The first-order valence-electron chi connectivity index (χ1n) is 6.06. The number of hydrogen-bond donors (Lipinski definition) is 2. The molecule has 0 aliphatic rings. The van der Waals surface area contributed by atoms with Crippen LogP contribution in [0.25, 0.3) is 0 Å². The first-order valence-corrected chi connectivity index (χ1v) is 6.06. The Morgan fingerprint density at radius 2 is 1.90 bits per heavy atom. The number of hydrogen-bond acceptors (Lipinski definition) is 4. The number of amides is 1. The average molecular weight is 277 g/mol. The van der Waals surface area contributed by atoms with Gasteiger partial charge in [0, 0.05) is 5.56 Å². The molecule has 0 spiro atoms. The van der Waals surface area contributed by atoms with E-state index in [0.29, 0.717) is 17.3 Å². The fraction of sp³-hybridized carbons (Fsp3) is 0.286. The Hall–Kier alpha value is -2.50. The molecule has 0 aliphatic carbocycles. The smallest absolute Gasteiger partial charge is 0.339 e. The molecule has 0 unspecified atom stereocenters. The number of carboxylic acids is 1. The van der Waals surface area contributed by atoms with Crippen molar-refractivity contribution in [1.29, 1.82) is 0 Å². The van der Waals surface area contributed by atoms with Gasteiger partial charge < -0.3 is 19.3 Å². The van der Waals surface area contributed by atoms with Gasteiger partial charge in [-0.2, -0.15) is 0 Å². The van der Waals surface area contributed by atoms with Gasteiger partial charge in [0.25, 0.3) is 5.91 Å². The van der Waals surface area contributed by atoms with Crippen molar-refractivity contribution in [3.63, 3.8) is 0 Å². The van der Waals surface area contributed by atoms with Crippen LogP contribution in [0.4, 0.5) is 0 Å². The summed E-state index contributed by atoms with van der Waals surface area (Å²) >= 11 is 0. The van der Waals surface area contributed by atoms with Crippen LogP contribution in [-0.4, -0.2) is 17.0 Å². The highest BCUT2D eigenvalue weighted by atomic mass is 16.4. The highest BCUT2D eigenvalue weighted by molar-refractivity contribution is 5.93. The minimum atomic E-state index is -1.05. The van der Waals surface area contributed by atoms with Crippen LogP contribution in [0.3, 0.4) is 0 Å². The molecule has 0 bridgehead atoms. The minimum Gasteiger partial charge on any atom is -0.478 e. The molecule has 0 saturated heterocycles. The van der Waals surface area contributed by atoms with Crippen molar-refractivity contribution in [2.75, 3.05) is 0 Å². The van der Waals surface area contributed by atoms with Crippen LogP contribution in [0.1, 0.15) is 43.8 Å². The summed E-state index contributed by atoms with van der Waals surface area (Å²) in [6.45, 7) is 5.21. The molecule has 1 amide bonds. The van der Waals surface area contributed by atoms with Crippen LogP contribution in [-0.2, 0) is 6.54 Å². The van der Waals surface area contributed by atoms with Gasteiger partial charge in [-0.1, -0.05) is 0 Å². The van der Waals surface area contributed by atoms with Crippen molar-refractivity contribution < 1.29 is 23.5 Å². The highest BCUT2D eigenvalue weighted by Crippen LogP contribution is 2.16. The molecule has 2 heterocycles. The first kappa shape index (κ1) is 13.9. The van der Waals surface area contributed by atoms with Crippen molar-refractivity contribution in [2.24, 2.45) is 0 Å². The second-order valence-electron chi connectivity index (χ2n) is 4.54. The maximum Gasteiger partial charge on any atom is 0.339 e. The predicted octanol–water partition coefficient (Wildman–Crippen LogP) is 2.43. The number of furan rings is 2. The van der Waals surface area contributed by atoms with Gasteiger partial charge in [0.2, 0.25) is 0 Å². The van der Waals surface area contributed by atoms with E-state index in [9.17, 15) is 9.59 Å². The summed E-state index contributed by atoms with van der Waals surface area (Å²) in [5, 5.41) is 11.5. The van der Waals surface area contributed by atoms with Gasteiger partial charge in [0.15, 0.2) is 5.76 Å².